The van der Waals surface area contributed by atoms with E-state index in [4.69, 9.17) is 4.74 Å². The smallest absolute Gasteiger partial charge is 0.377 e. The molecule has 0 saturated carbocycles. The van der Waals surface area contributed by atoms with Gasteiger partial charge in [0.05, 0.1) is 5.60 Å². The summed E-state index contributed by atoms with van der Waals surface area (Å²) in [6.45, 7) is 4.62. The van der Waals surface area contributed by atoms with Gasteiger partial charge >= 0.3 is 5.51 Å². The second kappa shape index (κ2) is 5.82. The van der Waals surface area contributed by atoms with Crippen molar-refractivity contribution in [3.63, 3.8) is 0 Å². The minimum atomic E-state index is -4.13. The molecular formula is C8H16F3NOS. The van der Waals surface area contributed by atoms with Crippen LogP contribution in [0.15, 0.2) is 0 Å². The van der Waals surface area contributed by atoms with Crippen molar-refractivity contribution in [1.82, 2.24) is 5.32 Å². The Balaban J connectivity index is 3.39. The van der Waals surface area contributed by atoms with Crippen molar-refractivity contribution in [2.45, 2.75) is 25.0 Å². The lowest BCUT2D eigenvalue weighted by Crippen LogP contribution is -2.37. The molecule has 6 heteroatoms. The van der Waals surface area contributed by atoms with Crippen molar-refractivity contribution < 1.29 is 17.9 Å². The summed E-state index contributed by atoms with van der Waals surface area (Å²) in [7, 11) is 1.58. The van der Waals surface area contributed by atoms with Gasteiger partial charge in [-0.25, -0.2) is 0 Å². The van der Waals surface area contributed by atoms with E-state index in [1.807, 2.05) is 13.8 Å². The van der Waals surface area contributed by atoms with Crippen LogP contribution in [0.25, 0.3) is 0 Å². The SMILES string of the molecule is COC(C)(C)CNCCSC(F)(F)F. The minimum absolute atomic E-state index is 0.0116. The quantitative estimate of drug-likeness (QED) is 0.708. The van der Waals surface area contributed by atoms with Gasteiger partial charge in [-0.2, -0.15) is 13.2 Å². The van der Waals surface area contributed by atoms with Crippen molar-refractivity contribution in [3.8, 4) is 0 Å². The Morgan fingerprint density at radius 3 is 2.29 bits per heavy atom. The van der Waals surface area contributed by atoms with Crippen LogP contribution in [0, 0.1) is 0 Å². The highest BCUT2D eigenvalue weighted by atomic mass is 32.2. The predicted molar refractivity (Wildman–Crippen MR) is 52.5 cm³/mol. The van der Waals surface area contributed by atoms with Crippen LogP contribution < -0.4 is 5.32 Å². The van der Waals surface area contributed by atoms with Crippen LogP contribution in [0.3, 0.4) is 0 Å². The molecule has 0 aromatic rings. The van der Waals surface area contributed by atoms with E-state index in [-0.39, 0.29) is 23.1 Å². The van der Waals surface area contributed by atoms with E-state index in [0.29, 0.717) is 13.1 Å². The van der Waals surface area contributed by atoms with E-state index in [1.54, 1.807) is 7.11 Å². The number of thioether (sulfide) groups is 1. The summed E-state index contributed by atoms with van der Waals surface area (Å²) in [6, 6.07) is 0. The Kier molecular flexibility index (Phi) is 5.85. The Hall–Kier alpha value is 0.0600. The first-order valence-electron chi connectivity index (χ1n) is 4.23. The zero-order valence-corrected chi connectivity index (χ0v) is 9.39. The third-order valence-electron chi connectivity index (χ3n) is 1.65. The van der Waals surface area contributed by atoms with Gasteiger partial charge in [0.15, 0.2) is 0 Å². The molecule has 86 valence electrons. The van der Waals surface area contributed by atoms with Gasteiger partial charge in [0, 0.05) is 26.0 Å². The maximum atomic E-state index is 11.7. The molecule has 0 aliphatic heterocycles. The van der Waals surface area contributed by atoms with Gasteiger partial charge in [-0.15, -0.1) is 0 Å². The highest BCUT2D eigenvalue weighted by Crippen LogP contribution is 2.29. The van der Waals surface area contributed by atoms with Crippen LogP contribution in [0.5, 0.6) is 0 Å². The van der Waals surface area contributed by atoms with Gasteiger partial charge in [0.25, 0.3) is 0 Å². The molecule has 0 radical (unpaired) electrons. The monoisotopic (exact) mass is 231 g/mol. The standard InChI is InChI=1S/C8H16F3NOS/c1-7(2,13-3)6-12-4-5-14-8(9,10)11/h12H,4-6H2,1-3H3. The number of hydrogen-bond acceptors (Lipinski definition) is 3. The third kappa shape index (κ3) is 8.65. The summed E-state index contributed by atoms with van der Waals surface area (Å²) in [5.74, 6) is 0.0310. The van der Waals surface area contributed by atoms with Crippen LogP contribution >= 0.6 is 11.8 Å². The molecule has 0 fully saturated rings. The van der Waals surface area contributed by atoms with Crippen LogP contribution in [0.2, 0.25) is 0 Å². The maximum Gasteiger partial charge on any atom is 0.441 e. The van der Waals surface area contributed by atoms with Gasteiger partial charge < -0.3 is 10.1 Å². The summed E-state index contributed by atoms with van der Waals surface area (Å²) in [5.41, 5.74) is -4.46. The van der Waals surface area contributed by atoms with Crippen molar-refractivity contribution in [2.75, 3.05) is 26.0 Å². The van der Waals surface area contributed by atoms with Gasteiger partial charge in [-0.1, -0.05) is 0 Å². The number of ether oxygens (including phenoxy) is 1. The average molecular weight is 231 g/mol. The van der Waals surface area contributed by atoms with E-state index in [0.717, 1.165) is 0 Å². The first-order chi connectivity index (χ1) is 6.27. The van der Waals surface area contributed by atoms with Crippen LogP contribution in [0.1, 0.15) is 13.8 Å². The van der Waals surface area contributed by atoms with Crippen molar-refractivity contribution in [2.24, 2.45) is 0 Å². The fourth-order valence-electron chi connectivity index (χ4n) is 0.701. The predicted octanol–water partition coefficient (Wildman–Crippen LogP) is 2.25. The van der Waals surface area contributed by atoms with Crippen molar-refractivity contribution in [1.29, 1.82) is 0 Å². The molecule has 14 heavy (non-hydrogen) atoms. The average Bonchev–Trinajstić information content (AvgIpc) is 2.01. The number of alkyl halides is 3. The fraction of sp³-hybridized carbons (Fsp3) is 1.00. The van der Waals surface area contributed by atoms with E-state index in [2.05, 4.69) is 5.32 Å². The molecule has 0 heterocycles. The molecule has 0 spiro atoms. The summed E-state index contributed by atoms with van der Waals surface area (Å²) >= 11 is -0.0116. The maximum absolute atomic E-state index is 11.7. The first kappa shape index (κ1) is 14.1. The van der Waals surface area contributed by atoms with Crippen LogP contribution in [0.4, 0.5) is 13.2 Å². The van der Waals surface area contributed by atoms with E-state index < -0.39 is 5.51 Å². The largest absolute Gasteiger partial charge is 0.441 e. The molecule has 0 aromatic heterocycles. The molecule has 2 nitrogen and oxygen atoms in total. The zero-order valence-electron chi connectivity index (χ0n) is 8.57. The lowest BCUT2D eigenvalue weighted by molar-refractivity contribution is -0.0327. The lowest BCUT2D eigenvalue weighted by Gasteiger charge is -2.23. The number of rotatable bonds is 6. The normalized spacial score (nSPS) is 13.3. The molecule has 0 bridgehead atoms. The van der Waals surface area contributed by atoms with Crippen molar-refractivity contribution in [3.05, 3.63) is 0 Å². The number of nitrogens with one attached hydrogen (secondary N) is 1. The molecule has 0 atom stereocenters. The molecule has 0 aliphatic carbocycles. The molecule has 0 amide bonds. The Labute approximate surface area is 86.6 Å². The number of halogens is 3. The van der Waals surface area contributed by atoms with E-state index in [9.17, 15) is 13.2 Å². The first-order valence-corrected chi connectivity index (χ1v) is 5.22. The molecule has 0 rings (SSSR count). The van der Waals surface area contributed by atoms with Gasteiger partial charge in [-0.05, 0) is 25.6 Å². The second-order valence-electron chi connectivity index (χ2n) is 3.43. The van der Waals surface area contributed by atoms with E-state index >= 15 is 0 Å². The van der Waals surface area contributed by atoms with Crippen LogP contribution in [-0.2, 0) is 4.74 Å². The fourth-order valence-corrected chi connectivity index (χ4v) is 1.18. The Bertz CT molecular complexity index is 161. The third-order valence-corrected chi connectivity index (χ3v) is 2.38. The van der Waals surface area contributed by atoms with E-state index in [1.165, 1.54) is 0 Å². The van der Waals surface area contributed by atoms with Crippen molar-refractivity contribution >= 4 is 11.8 Å². The molecule has 0 unspecified atom stereocenters. The number of hydrogen-bond donors (Lipinski definition) is 1. The lowest BCUT2D eigenvalue weighted by atomic mass is 10.1. The Morgan fingerprint density at radius 2 is 1.86 bits per heavy atom. The highest BCUT2D eigenvalue weighted by Gasteiger charge is 2.27. The molecule has 0 aliphatic rings. The summed E-state index contributed by atoms with van der Waals surface area (Å²) in [4.78, 5) is 0. The minimum Gasteiger partial charge on any atom is -0.377 e. The second-order valence-corrected chi connectivity index (χ2v) is 4.59. The highest BCUT2D eigenvalue weighted by molar-refractivity contribution is 8.00. The summed E-state index contributed by atoms with van der Waals surface area (Å²) in [6.07, 6.45) is 0. The summed E-state index contributed by atoms with van der Waals surface area (Å²) < 4.78 is 40.2. The van der Waals surface area contributed by atoms with Gasteiger partial charge in [0.2, 0.25) is 0 Å². The van der Waals surface area contributed by atoms with Gasteiger partial charge in [0.1, 0.15) is 0 Å². The van der Waals surface area contributed by atoms with Gasteiger partial charge in [-0.3, -0.25) is 0 Å². The molecular weight excluding hydrogens is 215 g/mol. The van der Waals surface area contributed by atoms with Crippen LogP contribution in [-0.4, -0.2) is 37.1 Å². The molecule has 0 saturated heterocycles. The zero-order chi connectivity index (χ0) is 11.2. The topological polar surface area (TPSA) is 21.3 Å². The number of methoxy groups -OCH3 is 1. The molecule has 1 N–H and O–H groups in total. The Morgan fingerprint density at radius 1 is 1.29 bits per heavy atom. The summed E-state index contributed by atoms with van der Waals surface area (Å²) in [5, 5.41) is 2.90. The molecule has 0 aromatic carbocycles.